The lowest BCUT2D eigenvalue weighted by Gasteiger charge is -2.22. The molecule has 0 unspecified atom stereocenters. The molecule has 6 nitrogen and oxygen atoms in total. The molecule has 1 N–H and O–H groups in total. The van der Waals surface area contributed by atoms with Crippen LogP contribution in [0.4, 0.5) is 0 Å². The van der Waals surface area contributed by atoms with Gasteiger partial charge in [0, 0.05) is 24.7 Å². The van der Waals surface area contributed by atoms with Crippen molar-refractivity contribution in [3.05, 3.63) is 29.3 Å². The maximum absolute atomic E-state index is 12.5. The fourth-order valence-corrected chi connectivity index (χ4v) is 2.74. The minimum atomic E-state index is -0.846. The number of nitrogens with zero attached hydrogens (tertiary/aromatic N) is 1. The quantitative estimate of drug-likeness (QED) is 0.913. The lowest BCUT2D eigenvalue weighted by molar-refractivity contribution is -0.141. The third-order valence-corrected chi connectivity index (χ3v) is 4.03. The number of amides is 1. The van der Waals surface area contributed by atoms with Crippen molar-refractivity contribution < 1.29 is 24.2 Å². The number of carboxylic acids is 1. The Bertz CT molecular complexity index is 652. The van der Waals surface area contributed by atoms with Crippen LogP contribution in [-0.4, -0.2) is 48.7 Å². The lowest BCUT2D eigenvalue weighted by atomic mass is 10.1. The van der Waals surface area contributed by atoms with Crippen LogP contribution in [0.1, 0.15) is 12.0 Å². The number of likely N-dealkylation sites (tertiary alicyclic amines) is 1. The maximum Gasteiger partial charge on any atom is 0.308 e. The number of hydrogen-bond donors (Lipinski definition) is 1. The molecule has 2 aliphatic rings. The van der Waals surface area contributed by atoms with Gasteiger partial charge in [-0.05, 0) is 24.6 Å². The molecule has 0 radical (unpaired) electrons. The number of rotatable bonds is 3. The molecule has 1 fully saturated rings. The highest BCUT2D eigenvalue weighted by atomic mass is 16.5. The third-order valence-electron chi connectivity index (χ3n) is 4.03. The van der Waals surface area contributed by atoms with Crippen LogP contribution in [0, 0.1) is 5.92 Å². The van der Waals surface area contributed by atoms with Gasteiger partial charge >= 0.3 is 5.97 Å². The molecule has 3 rings (SSSR count). The van der Waals surface area contributed by atoms with E-state index in [9.17, 15) is 9.59 Å². The van der Waals surface area contributed by atoms with Crippen molar-refractivity contribution in [2.75, 3.05) is 26.8 Å². The topological polar surface area (TPSA) is 76.1 Å². The highest BCUT2D eigenvalue weighted by Gasteiger charge is 2.32. The summed E-state index contributed by atoms with van der Waals surface area (Å²) in [7, 11) is 1.58. The molecule has 0 aliphatic carbocycles. The van der Waals surface area contributed by atoms with Crippen molar-refractivity contribution in [2.45, 2.75) is 6.42 Å². The Kier molecular flexibility index (Phi) is 3.75. The van der Waals surface area contributed by atoms with E-state index in [0.29, 0.717) is 30.0 Å². The number of carbonyl (C=O) groups is 2. The number of fused-ring (bicyclic) bond motifs is 1. The first-order valence-corrected chi connectivity index (χ1v) is 7.12. The molecule has 1 amide bonds. The summed E-state index contributed by atoms with van der Waals surface area (Å²) < 4.78 is 10.8. The van der Waals surface area contributed by atoms with Crippen molar-refractivity contribution in [2.24, 2.45) is 5.92 Å². The van der Waals surface area contributed by atoms with Gasteiger partial charge < -0.3 is 19.5 Å². The van der Waals surface area contributed by atoms with Crippen molar-refractivity contribution in [3.63, 3.8) is 0 Å². The molecule has 116 valence electrons. The fraction of sp³-hybridized carbons (Fsp3) is 0.375. The van der Waals surface area contributed by atoms with Crippen molar-refractivity contribution in [1.29, 1.82) is 0 Å². The Labute approximate surface area is 127 Å². The number of methoxy groups -OCH3 is 1. The smallest absolute Gasteiger partial charge is 0.308 e. The second-order valence-corrected chi connectivity index (χ2v) is 5.44. The largest absolute Gasteiger partial charge is 0.497 e. The van der Waals surface area contributed by atoms with E-state index >= 15 is 0 Å². The molecule has 2 aliphatic heterocycles. The summed E-state index contributed by atoms with van der Waals surface area (Å²) >= 11 is 0. The molecule has 1 saturated heterocycles. The third kappa shape index (κ3) is 2.64. The van der Waals surface area contributed by atoms with Gasteiger partial charge in [0.2, 0.25) is 0 Å². The van der Waals surface area contributed by atoms with Gasteiger partial charge in [-0.3, -0.25) is 9.59 Å². The van der Waals surface area contributed by atoms with Gasteiger partial charge in [0.15, 0.2) is 0 Å². The molecule has 0 bridgehead atoms. The number of hydrogen-bond acceptors (Lipinski definition) is 4. The normalized spacial score (nSPS) is 20.0. The summed E-state index contributed by atoms with van der Waals surface area (Å²) in [6, 6.07) is 5.43. The van der Waals surface area contributed by atoms with E-state index in [0.717, 1.165) is 5.56 Å². The Balaban J connectivity index is 1.76. The van der Waals surface area contributed by atoms with E-state index in [1.165, 1.54) is 0 Å². The second-order valence-electron chi connectivity index (χ2n) is 5.44. The van der Waals surface area contributed by atoms with E-state index in [1.54, 1.807) is 24.2 Å². The Morgan fingerprint density at radius 1 is 1.41 bits per heavy atom. The lowest BCUT2D eigenvalue weighted by Crippen LogP contribution is -2.33. The molecule has 22 heavy (non-hydrogen) atoms. The van der Waals surface area contributed by atoms with Crippen LogP contribution in [0.3, 0.4) is 0 Å². The van der Waals surface area contributed by atoms with Gasteiger partial charge in [-0.1, -0.05) is 0 Å². The minimum Gasteiger partial charge on any atom is -0.497 e. The maximum atomic E-state index is 12.5. The molecular weight excluding hydrogens is 286 g/mol. The SMILES string of the molecule is COc1ccc2c(c1)OCC(C(=O)N1CC[C@@H](C(=O)O)C1)=C2. The fourth-order valence-electron chi connectivity index (χ4n) is 2.74. The monoisotopic (exact) mass is 303 g/mol. The molecule has 1 aromatic rings. The average molecular weight is 303 g/mol. The van der Waals surface area contributed by atoms with Crippen molar-refractivity contribution in [3.8, 4) is 11.5 Å². The van der Waals surface area contributed by atoms with Crippen LogP contribution in [0.2, 0.25) is 0 Å². The summed E-state index contributed by atoms with van der Waals surface area (Å²) in [5.41, 5.74) is 1.37. The van der Waals surface area contributed by atoms with Crippen LogP contribution < -0.4 is 9.47 Å². The van der Waals surface area contributed by atoms with Gasteiger partial charge in [-0.25, -0.2) is 0 Å². The summed E-state index contributed by atoms with van der Waals surface area (Å²) in [6.07, 6.45) is 2.30. The summed E-state index contributed by atoms with van der Waals surface area (Å²) in [4.78, 5) is 25.0. The zero-order valence-corrected chi connectivity index (χ0v) is 12.2. The molecule has 0 aromatic heterocycles. The number of aliphatic carboxylic acids is 1. The number of benzene rings is 1. The Morgan fingerprint density at radius 2 is 2.23 bits per heavy atom. The van der Waals surface area contributed by atoms with Gasteiger partial charge in [-0.2, -0.15) is 0 Å². The van der Waals surface area contributed by atoms with Crippen molar-refractivity contribution in [1.82, 2.24) is 4.90 Å². The number of ether oxygens (including phenoxy) is 2. The second kappa shape index (κ2) is 5.71. The van der Waals surface area contributed by atoms with Crippen LogP contribution in [0.25, 0.3) is 6.08 Å². The molecule has 1 aromatic carbocycles. The predicted octanol–water partition coefficient (Wildman–Crippen LogP) is 1.40. The zero-order valence-electron chi connectivity index (χ0n) is 12.2. The minimum absolute atomic E-state index is 0.148. The van der Waals surface area contributed by atoms with Crippen LogP contribution in [-0.2, 0) is 9.59 Å². The van der Waals surface area contributed by atoms with Crippen LogP contribution >= 0.6 is 0 Å². The average Bonchev–Trinajstić information content (AvgIpc) is 3.03. The van der Waals surface area contributed by atoms with E-state index in [1.807, 2.05) is 12.1 Å². The van der Waals surface area contributed by atoms with Gasteiger partial charge in [0.05, 0.1) is 18.6 Å². The molecule has 1 atom stereocenters. The molecular formula is C16H17NO5. The molecule has 6 heteroatoms. The Morgan fingerprint density at radius 3 is 2.91 bits per heavy atom. The summed E-state index contributed by atoms with van der Waals surface area (Å²) in [5.74, 6) is -0.0797. The van der Waals surface area contributed by atoms with Crippen molar-refractivity contribution >= 4 is 18.0 Å². The summed E-state index contributed by atoms with van der Waals surface area (Å²) in [6.45, 7) is 0.927. The first-order chi connectivity index (χ1) is 10.6. The molecule has 0 saturated carbocycles. The molecule has 2 heterocycles. The highest BCUT2D eigenvalue weighted by molar-refractivity contribution is 5.99. The van der Waals surface area contributed by atoms with Crippen LogP contribution in [0.15, 0.2) is 23.8 Å². The summed E-state index contributed by atoms with van der Waals surface area (Å²) in [5, 5.41) is 9.01. The van der Waals surface area contributed by atoms with Gasteiger partial charge in [0.25, 0.3) is 5.91 Å². The number of carbonyl (C=O) groups excluding carboxylic acids is 1. The number of carboxylic acid groups (broad SMARTS) is 1. The first-order valence-electron chi connectivity index (χ1n) is 7.12. The van der Waals surface area contributed by atoms with E-state index < -0.39 is 11.9 Å². The van der Waals surface area contributed by atoms with Gasteiger partial charge in [0.1, 0.15) is 18.1 Å². The first kappa shape index (κ1) is 14.4. The zero-order chi connectivity index (χ0) is 15.7. The van der Waals surface area contributed by atoms with E-state index in [-0.39, 0.29) is 19.1 Å². The van der Waals surface area contributed by atoms with Crippen LogP contribution in [0.5, 0.6) is 11.5 Å². The molecule has 0 spiro atoms. The predicted molar refractivity (Wildman–Crippen MR) is 78.8 cm³/mol. The Hall–Kier alpha value is -2.50. The van der Waals surface area contributed by atoms with E-state index in [2.05, 4.69) is 0 Å². The standard InChI is InChI=1S/C16H17NO5/c1-21-13-3-2-10-6-12(9-22-14(10)7-13)15(18)17-5-4-11(8-17)16(19)20/h2-3,6-7,11H,4-5,8-9H2,1H3,(H,19,20)/t11-/m1/s1. The van der Waals surface area contributed by atoms with Gasteiger partial charge in [-0.15, -0.1) is 0 Å². The highest BCUT2D eigenvalue weighted by Crippen LogP contribution is 2.31. The van der Waals surface area contributed by atoms with E-state index in [4.69, 9.17) is 14.6 Å².